The maximum atomic E-state index is 12.1. The number of likely N-dealkylation sites (N-methyl/N-ethyl adjacent to an activating group) is 1. The van der Waals surface area contributed by atoms with Gasteiger partial charge in [-0.05, 0) is 0 Å². The molecule has 0 aromatic carbocycles. The minimum atomic E-state index is -4.67. The number of hydrogen-bond donors (Lipinski definition) is 0. The highest BCUT2D eigenvalue weighted by molar-refractivity contribution is 7.88. The summed E-state index contributed by atoms with van der Waals surface area (Å²) in [7, 11) is -1.40. The minimum absolute atomic E-state index is 0.0926. The summed E-state index contributed by atoms with van der Waals surface area (Å²) in [5, 5.41) is 0. The molecule has 5 nitrogen and oxygen atoms in total. The molecule has 0 spiro atoms. The van der Waals surface area contributed by atoms with Crippen molar-refractivity contribution >= 4 is 15.9 Å². The van der Waals surface area contributed by atoms with Gasteiger partial charge in [-0.2, -0.15) is 17.5 Å². The van der Waals surface area contributed by atoms with Crippen molar-refractivity contribution in [2.45, 2.75) is 6.18 Å². The zero-order valence-electron chi connectivity index (χ0n) is 9.08. The second-order valence-corrected chi connectivity index (χ2v) is 5.42. The normalized spacial score (nSPS) is 12.9. The van der Waals surface area contributed by atoms with Gasteiger partial charge in [0, 0.05) is 14.1 Å². The molecule has 0 saturated carbocycles. The predicted octanol–water partition coefficient (Wildman–Crippen LogP) is -0.101. The van der Waals surface area contributed by atoms with Crippen molar-refractivity contribution in [3.05, 3.63) is 0 Å². The average Bonchev–Trinajstić information content (AvgIpc) is 1.98. The van der Waals surface area contributed by atoms with E-state index in [-0.39, 0.29) is 4.31 Å². The Labute approximate surface area is 91.9 Å². The fraction of sp³-hybridized carbons (Fsp3) is 0.857. The Balaban J connectivity index is 4.79. The molecule has 0 aromatic heterocycles. The number of hydrogen-bond acceptors (Lipinski definition) is 3. The summed E-state index contributed by atoms with van der Waals surface area (Å²) in [6.07, 6.45) is -4.04. The van der Waals surface area contributed by atoms with Crippen molar-refractivity contribution in [2.75, 3.05) is 33.4 Å². The average molecular weight is 262 g/mol. The molecule has 1 amide bonds. The molecule has 0 aliphatic carbocycles. The summed E-state index contributed by atoms with van der Waals surface area (Å²) in [4.78, 5) is 12.2. The Morgan fingerprint density at radius 2 is 1.69 bits per heavy atom. The van der Waals surface area contributed by atoms with E-state index in [1.807, 2.05) is 0 Å². The van der Waals surface area contributed by atoms with Crippen LogP contribution in [0, 0.1) is 0 Å². The first-order valence-corrected chi connectivity index (χ1v) is 6.00. The van der Waals surface area contributed by atoms with Crippen molar-refractivity contribution < 1.29 is 26.4 Å². The largest absolute Gasteiger partial charge is 0.402 e. The molecule has 0 aliphatic rings. The second kappa shape index (κ2) is 5.00. The first-order chi connectivity index (χ1) is 6.93. The molecule has 0 N–H and O–H groups in total. The molecular weight excluding hydrogens is 249 g/mol. The van der Waals surface area contributed by atoms with E-state index in [9.17, 15) is 26.4 Å². The standard InChI is InChI=1S/C7H13F3N2O3S/c1-11(2)6(13)4-12(16(3,14)15)5-7(8,9)10/h4-5H2,1-3H3. The Morgan fingerprint density at radius 3 is 1.94 bits per heavy atom. The Morgan fingerprint density at radius 1 is 1.25 bits per heavy atom. The molecule has 0 saturated heterocycles. The Bertz CT molecular complexity index is 350. The van der Waals surface area contributed by atoms with Crippen LogP contribution in [-0.2, 0) is 14.8 Å². The van der Waals surface area contributed by atoms with Crippen molar-refractivity contribution in [3.63, 3.8) is 0 Å². The van der Waals surface area contributed by atoms with Crippen LogP contribution >= 0.6 is 0 Å². The number of halogens is 3. The number of amides is 1. The van der Waals surface area contributed by atoms with Crippen LogP contribution in [-0.4, -0.2) is 63.1 Å². The molecular formula is C7H13F3N2O3S. The maximum Gasteiger partial charge on any atom is 0.402 e. The highest BCUT2D eigenvalue weighted by atomic mass is 32.2. The number of sulfonamides is 1. The molecule has 0 aromatic rings. The van der Waals surface area contributed by atoms with Crippen LogP contribution in [0.15, 0.2) is 0 Å². The first kappa shape index (κ1) is 15.2. The fourth-order valence-corrected chi connectivity index (χ4v) is 1.51. The minimum Gasteiger partial charge on any atom is -0.348 e. The molecule has 0 unspecified atom stereocenters. The lowest BCUT2D eigenvalue weighted by Gasteiger charge is -2.22. The SMILES string of the molecule is CN(C)C(=O)CN(CC(F)(F)F)S(C)(=O)=O. The number of carbonyl (C=O) groups excluding carboxylic acids is 1. The zero-order chi connectivity index (χ0) is 13.1. The third kappa shape index (κ3) is 5.91. The van der Waals surface area contributed by atoms with Crippen LogP contribution in [0.5, 0.6) is 0 Å². The van der Waals surface area contributed by atoms with Gasteiger partial charge in [0.25, 0.3) is 0 Å². The van der Waals surface area contributed by atoms with Gasteiger partial charge >= 0.3 is 6.18 Å². The Hall–Kier alpha value is -0.830. The second-order valence-electron chi connectivity index (χ2n) is 3.43. The third-order valence-electron chi connectivity index (χ3n) is 1.64. The highest BCUT2D eigenvalue weighted by Crippen LogP contribution is 2.18. The monoisotopic (exact) mass is 262 g/mol. The number of nitrogens with zero attached hydrogens (tertiary/aromatic N) is 2. The Kier molecular flexibility index (Phi) is 4.74. The van der Waals surface area contributed by atoms with Crippen LogP contribution in [0.3, 0.4) is 0 Å². The maximum absolute atomic E-state index is 12.1. The molecule has 0 rings (SSSR count). The first-order valence-electron chi connectivity index (χ1n) is 4.15. The zero-order valence-corrected chi connectivity index (χ0v) is 9.89. The molecule has 0 radical (unpaired) electrons. The van der Waals surface area contributed by atoms with Gasteiger partial charge in [-0.15, -0.1) is 0 Å². The summed E-state index contributed by atoms with van der Waals surface area (Å²) in [5.74, 6) is -0.713. The van der Waals surface area contributed by atoms with Crippen LogP contribution in [0.2, 0.25) is 0 Å². The van der Waals surface area contributed by atoms with E-state index in [0.717, 1.165) is 4.90 Å². The third-order valence-corrected chi connectivity index (χ3v) is 2.83. The molecule has 0 aliphatic heterocycles. The number of rotatable bonds is 4. The highest BCUT2D eigenvalue weighted by Gasteiger charge is 2.35. The lowest BCUT2D eigenvalue weighted by Crippen LogP contribution is -2.44. The smallest absolute Gasteiger partial charge is 0.348 e. The predicted molar refractivity (Wildman–Crippen MR) is 51.2 cm³/mol. The molecule has 16 heavy (non-hydrogen) atoms. The van der Waals surface area contributed by atoms with Gasteiger partial charge in [-0.25, -0.2) is 8.42 Å². The lowest BCUT2D eigenvalue weighted by atomic mass is 10.5. The summed E-state index contributed by atoms with van der Waals surface area (Å²) in [6, 6.07) is 0. The van der Waals surface area contributed by atoms with Crippen LogP contribution < -0.4 is 0 Å². The van der Waals surface area contributed by atoms with Gasteiger partial charge in [0.05, 0.1) is 12.8 Å². The molecule has 0 fully saturated rings. The van der Waals surface area contributed by atoms with Crippen LogP contribution in [0.1, 0.15) is 0 Å². The van der Waals surface area contributed by atoms with E-state index in [2.05, 4.69) is 0 Å². The van der Waals surface area contributed by atoms with E-state index >= 15 is 0 Å². The van der Waals surface area contributed by atoms with Gasteiger partial charge in [0.1, 0.15) is 6.54 Å². The summed E-state index contributed by atoms with van der Waals surface area (Å²) >= 11 is 0. The topological polar surface area (TPSA) is 57.7 Å². The number of carbonyl (C=O) groups is 1. The number of alkyl halides is 3. The quantitative estimate of drug-likeness (QED) is 0.711. The summed E-state index contributed by atoms with van der Waals surface area (Å²) in [5.41, 5.74) is 0. The van der Waals surface area contributed by atoms with E-state index in [1.54, 1.807) is 0 Å². The van der Waals surface area contributed by atoms with Crippen molar-refractivity contribution in [2.24, 2.45) is 0 Å². The molecule has 96 valence electrons. The van der Waals surface area contributed by atoms with Crippen molar-refractivity contribution in [1.82, 2.24) is 9.21 Å². The van der Waals surface area contributed by atoms with Crippen LogP contribution in [0.4, 0.5) is 13.2 Å². The summed E-state index contributed by atoms with van der Waals surface area (Å²) < 4.78 is 58.3. The van der Waals surface area contributed by atoms with Crippen molar-refractivity contribution in [3.8, 4) is 0 Å². The van der Waals surface area contributed by atoms with E-state index < -0.39 is 35.2 Å². The summed E-state index contributed by atoms with van der Waals surface area (Å²) in [6.45, 7) is -2.48. The van der Waals surface area contributed by atoms with Crippen molar-refractivity contribution in [1.29, 1.82) is 0 Å². The fourth-order valence-electron chi connectivity index (χ4n) is 0.783. The molecule has 0 atom stereocenters. The van der Waals surface area contributed by atoms with E-state index in [4.69, 9.17) is 0 Å². The van der Waals surface area contributed by atoms with E-state index in [0.29, 0.717) is 6.26 Å². The van der Waals surface area contributed by atoms with Gasteiger partial charge in [0.15, 0.2) is 0 Å². The van der Waals surface area contributed by atoms with Gasteiger partial charge in [-0.3, -0.25) is 4.79 Å². The molecule has 9 heteroatoms. The molecule has 0 bridgehead atoms. The van der Waals surface area contributed by atoms with Crippen LogP contribution in [0.25, 0.3) is 0 Å². The van der Waals surface area contributed by atoms with Gasteiger partial charge in [0.2, 0.25) is 15.9 Å². The lowest BCUT2D eigenvalue weighted by molar-refractivity contribution is -0.141. The van der Waals surface area contributed by atoms with E-state index in [1.165, 1.54) is 14.1 Å². The van der Waals surface area contributed by atoms with Gasteiger partial charge < -0.3 is 4.90 Å². The molecule has 0 heterocycles. The van der Waals surface area contributed by atoms with Gasteiger partial charge in [-0.1, -0.05) is 0 Å².